The Bertz CT molecular complexity index is 943. The Morgan fingerprint density at radius 3 is 2.27 bits per heavy atom. The highest BCUT2D eigenvalue weighted by molar-refractivity contribution is 5.79. The van der Waals surface area contributed by atoms with Gasteiger partial charge in [-0.1, -0.05) is 24.3 Å². The van der Waals surface area contributed by atoms with Crippen molar-refractivity contribution in [1.29, 1.82) is 0 Å². The molecule has 2 aromatic carbocycles. The summed E-state index contributed by atoms with van der Waals surface area (Å²) in [5.74, 6) is 1.74. The zero-order valence-electron chi connectivity index (χ0n) is 17.4. The monoisotopic (exact) mass is 404 g/mol. The summed E-state index contributed by atoms with van der Waals surface area (Å²) in [4.78, 5) is 14.7. The van der Waals surface area contributed by atoms with Crippen LogP contribution in [-0.4, -0.2) is 41.2 Å². The van der Waals surface area contributed by atoms with Gasteiger partial charge in [0, 0.05) is 44.0 Å². The summed E-state index contributed by atoms with van der Waals surface area (Å²) in [6.07, 6.45) is 6.23. The lowest BCUT2D eigenvalue weighted by Gasteiger charge is -2.32. The van der Waals surface area contributed by atoms with E-state index in [1.165, 1.54) is 0 Å². The maximum Gasteiger partial charge on any atom is 0.226 e. The third kappa shape index (κ3) is 4.85. The van der Waals surface area contributed by atoms with Crippen LogP contribution >= 0.6 is 0 Å². The van der Waals surface area contributed by atoms with Crippen LogP contribution in [0.15, 0.2) is 73.1 Å². The van der Waals surface area contributed by atoms with Crippen molar-refractivity contribution in [3.05, 3.63) is 78.6 Å². The summed E-state index contributed by atoms with van der Waals surface area (Å²) < 4.78 is 13.9. The molecule has 1 fully saturated rings. The van der Waals surface area contributed by atoms with E-state index in [2.05, 4.69) is 16.7 Å². The zero-order chi connectivity index (χ0) is 20.8. The van der Waals surface area contributed by atoms with Crippen LogP contribution in [0.1, 0.15) is 25.3 Å². The number of likely N-dealkylation sites (tertiary alicyclic amines) is 1. The van der Waals surface area contributed by atoms with Crippen LogP contribution in [-0.2, 0) is 11.2 Å². The lowest BCUT2D eigenvalue weighted by Crippen LogP contribution is -2.42. The number of aromatic nitrogens is 1. The highest BCUT2D eigenvalue weighted by Gasteiger charge is 2.24. The SMILES string of the molecule is CCOc1ccccc1OC1CCN(C(=O)Cc2ccc(-n3cccc3)cc2)CC1. The highest BCUT2D eigenvalue weighted by Crippen LogP contribution is 2.29. The fraction of sp³-hybridized carbons (Fsp3) is 0.320. The predicted molar refractivity (Wildman–Crippen MR) is 117 cm³/mol. The molecule has 0 N–H and O–H groups in total. The number of rotatable bonds is 7. The van der Waals surface area contributed by atoms with Crippen molar-refractivity contribution in [3.63, 3.8) is 0 Å². The minimum Gasteiger partial charge on any atom is -0.490 e. The van der Waals surface area contributed by atoms with Gasteiger partial charge in [0.05, 0.1) is 13.0 Å². The molecule has 4 rings (SSSR count). The molecule has 0 spiro atoms. The Morgan fingerprint density at radius 1 is 0.933 bits per heavy atom. The first-order valence-electron chi connectivity index (χ1n) is 10.6. The molecule has 156 valence electrons. The zero-order valence-corrected chi connectivity index (χ0v) is 17.4. The summed E-state index contributed by atoms with van der Waals surface area (Å²) in [5, 5.41) is 0. The summed E-state index contributed by atoms with van der Waals surface area (Å²) >= 11 is 0. The van der Waals surface area contributed by atoms with Crippen LogP contribution in [0.3, 0.4) is 0 Å². The summed E-state index contributed by atoms with van der Waals surface area (Å²) in [7, 11) is 0. The van der Waals surface area contributed by atoms with Crippen molar-refractivity contribution < 1.29 is 14.3 Å². The predicted octanol–water partition coefficient (Wildman–Crippen LogP) is 4.49. The second-order valence-corrected chi connectivity index (χ2v) is 7.51. The first-order chi connectivity index (χ1) is 14.7. The van der Waals surface area contributed by atoms with Crippen molar-refractivity contribution in [3.8, 4) is 17.2 Å². The first kappa shape index (κ1) is 20.1. The molecule has 0 unspecified atom stereocenters. The smallest absolute Gasteiger partial charge is 0.226 e. The number of hydrogen-bond acceptors (Lipinski definition) is 3. The van der Waals surface area contributed by atoms with Gasteiger partial charge in [0.15, 0.2) is 11.5 Å². The van der Waals surface area contributed by atoms with Gasteiger partial charge in [0.2, 0.25) is 5.91 Å². The summed E-state index contributed by atoms with van der Waals surface area (Å²) in [6, 6.07) is 20.0. The van der Waals surface area contributed by atoms with E-state index in [1.807, 2.05) is 72.7 Å². The molecule has 1 aliphatic heterocycles. The molecule has 3 aromatic rings. The molecule has 1 amide bonds. The number of carbonyl (C=O) groups excluding carboxylic acids is 1. The molecule has 0 aliphatic carbocycles. The molecular formula is C25H28N2O3. The number of para-hydroxylation sites is 2. The van der Waals surface area contributed by atoms with E-state index >= 15 is 0 Å². The lowest BCUT2D eigenvalue weighted by molar-refractivity contribution is -0.132. The Balaban J connectivity index is 1.28. The molecule has 1 saturated heterocycles. The van der Waals surface area contributed by atoms with Gasteiger partial charge in [-0.3, -0.25) is 4.79 Å². The normalized spacial score (nSPS) is 14.5. The highest BCUT2D eigenvalue weighted by atomic mass is 16.5. The molecule has 0 radical (unpaired) electrons. The van der Waals surface area contributed by atoms with Gasteiger partial charge in [-0.25, -0.2) is 0 Å². The van der Waals surface area contributed by atoms with Crippen LogP contribution in [0.5, 0.6) is 11.5 Å². The largest absolute Gasteiger partial charge is 0.490 e. The van der Waals surface area contributed by atoms with Gasteiger partial charge in [-0.15, -0.1) is 0 Å². The molecule has 1 aliphatic rings. The minimum atomic E-state index is 0.108. The van der Waals surface area contributed by atoms with Crippen molar-refractivity contribution in [2.45, 2.75) is 32.3 Å². The van der Waals surface area contributed by atoms with Crippen molar-refractivity contribution >= 4 is 5.91 Å². The molecule has 1 aromatic heterocycles. The molecule has 0 bridgehead atoms. The van der Waals surface area contributed by atoms with Crippen molar-refractivity contribution in [2.24, 2.45) is 0 Å². The molecule has 5 heteroatoms. The fourth-order valence-corrected chi connectivity index (χ4v) is 3.80. The van der Waals surface area contributed by atoms with E-state index < -0.39 is 0 Å². The van der Waals surface area contributed by atoms with Crippen LogP contribution in [0, 0.1) is 0 Å². The number of benzene rings is 2. The lowest BCUT2D eigenvalue weighted by atomic mass is 10.1. The third-order valence-corrected chi connectivity index (χ3v) is 5.43. The van der Waals surface area contributed by atoms with E-state index in [0.717, 1.165) is 48.7 Å². The summed E-state index contributed by atoms with van der Waals surface area (Å²) in [6.45, 7) is 4.03. The van der Waals surface area contributed by atoms with Gasteiger partial charge in [-0.05, 0) is 48.9 Å². The Morgan fingerprint density at radius 2 is 1.60 bits per heavy atom. The van der Waals surface area contributed by atoms with Crippen LogP contribution in [0.4, 0.5) is 0 Å². The Hall–Kier alpha value is -3.21. The van der Waals surface area contributed by atoms with E-state index in [1.54, 1.807) is 0 Å². The van der Waals surface area contributed by atoms with E-state index in [9.17, 15) is 4.79 Å². The molecule has 5 nitrogen and oxygen atoms in total. The maximum atomic E-state index is 12.7. The average molecular weight is 405 g/mol. The molecule has 0 saturated carbocycles. The van der Waals surface area contributed by atoms with E-state index in [4.69, 9.17) is 9.47 Å². The Labute approximate surface area is 177 Å². The number of hydrogen-bond donors (Lipinski definition) is 0. The van der Waals surface area contributed by atoms with Gasteiger partial charge in [-0.2, -0.15) is 0 Å². The molecule has 30 heavy (non-hydrogen) atoms. The molecular weight excluding hydrogens is 376 g/mol. The fourth-order valence-electron chi connectivity index (χ4n) is 3.80. The number of nitrogens with zero attached hydrogens (tertiary/aromatic N) is 2. The number of piperidine rings is 1. The number of ether oxygens (including phenoxy) is 2. The maximum absolute atomic E-state index is 12.7. The van der Waals surface area contributed by atoms with E-state index in [0.29, 0.717) is 13.0 Å². The van der Waals surface area contributed by atoms with Crippen molar-refractivity contribution in [1.82, 2.24) is 9.47 Å². The topological polar surface area (TPSA) is 43.7 Å². The van der Waals surface area contributed by atoms with E-state index in [-0.39, 0.29) is 12.0 Å². The second-order valence-electron chi connectivity index (χ2n) is 7.51. The molecule has 0 atom stereocenters. The average Bonchev–Trinajstić information content (AvgIpc) is 3.31. The quantitative estimate of drug-likeness (QED) is 0.583. The van der Waals surface area contributed by atoms with Gasteiger partial charge in [0.25, 0.3) is 0 Å². The summed E-state index contributed by atoms with van der Waals surface area (Å²) in [5.41, 5.74) is 2.14. The molecule has 2 heterocycles. The Kier molecular flexibility index (Phi) is 6.38. The minimum absolute atomic E-state index is 0.108. The van der Waals surface area contributed by atoms with Gasteiger partial charge in [0.1, 0.15) is 6.10 Å². The first-order valence-corrected chi connectivity index (χ1v) is 10.6. The standard InChI is InChI=1S/C25H28N2O3/c1-2-29-23-7-3-4-8-24(23)30-22-13-17-27(18-14-22)25(28)19-20-9-11-21(12-10-20)26-15-5-6-16-26/h3-12,15-16,22H,2,13-14,17-19H2,1H3. The van der Waals surface area contributed by atoms with Crippen LogP contribution in [0.2, 0.25) is 0 Å². The van der Waals surface area contributed by atoms with Gasteiger partial charge < -0.3 is 18.9 Å². The van der Waals surface area contributed by atoms with Crippen molar-refractivity contribution in [2.75, 3.05) is 19.7 Å². The van der Waals surface area contributed by atoms with Crippen LogP contribution in [0.25, 0.3) is 5.69 Å². The third-order valence-electron chi connectivity index (χ3n) is 5.43. The number of amides is 1. The van der Waals surface area contributed by atoms with Gasteiger partial charge >= 0.3 is 0 Å². The van der Waals surface area contributed by atoms with Crippen LogP contribution < -0.4 is 9.47 Å². The number of carbonyl (C=O) groups is 1. The second kappa shape index (κ2) is 9.53.